The Balaban J connectivity index is 0.000000251. The van der Waals surface area contributed by atoms with Crippen molar-refractivity contribution < 1.29 is 29.6 Å². The summed E-state index contributed by atoms with van der Waals surface area (Å²) in [6, 6.07) is 0. The third-order valence-corrected chi connectivity index (χ3v) is 5.67. The van der Waals surface area contributed by atoms with Gasteiger partial charge in [-0.2, -0.15) is 0 Å². The van der Waals surface area contributed by atoms with E-state index >= 15 is 0 Å². The van der Waals surface area contributed by atoms with Crippen LogP contribution < -0.4 is 0 Å². The Morgan fingerprint density at radius 3 is 2.16 bits per heavy atom. The predicted molar refractivity (Wildman–Crippen MR) is 93.6 cm³/mol. The minimum atomic E-state index is -0.576. The zero-order chi connectivity index (χ0) is 19.3. The van der Waals surface area contributed by atoms with Gasteiger partial charge in [-0.3, -0.25) is 9.59 Å². The summed E-state index contributed by atoms with van der Waals surface area (Å²) in [6.45, 7) is 11.2. The fourth-order valence-corrected chi connectivity index (χ4v) is 3.72. The molecule has 0 saturated heterocycles. The van der Waals surface area contributed by atoms with E-state index in [2.05, 4.69) is 6.58 Å². The van der Waals surface area contributed by atoms with Crippen LogP contribution in [0.15, 0.2) is 12.2 Å². The first-order chi connectivity index (χ1) is 11.6. The maximum absolute atomic E-state index is 11.3. The molecular formula is C19H32O6. The van der Waals surface area contributed by atoms with Crippen LogP contribution in [0.5, 0.6) is 0 Å². The van der Waals surface area contributed by atoms with Crippen molar-refractivity contribution in [3.63, 3.8) is 0 Å². The topological polar surface area (TPSA) is 104 Å². The van der Waals surface area contributed by atoms with Crippen molar-refractivity contribution >= 4 is 11.8 Å². The van der Waals surface area contributed by atoms with Gasteiger partial charge in [0.2, 0.25) is 0 Å². The van der Waals surface area contributed by atoms with E-state index in [-0.39, 0.29) is 61.2 Å². The molecule has 2 aliphatic rings. The summed E-state index contributed by atoms with van der Waals surface area (Å²) in [4.78, 5) is 21.8. The Bertz CT molecular complexity index is 488. The maximum Gasteiger partial charge on any atom is 0.302 e. The Morgan fingerprint density at radius 2 is 1.80 bits per heavy atom. The second kappa shape index (κ2) is 9.46. The molecule has 6 heteroatoms. The second-order valence-electron chi connectivity index (χ2n) is 7.47. The van der Waals surface area contributed by atoms with Crippen molar-refractivity contribution in [3.05, 3.63) is 12.2 Å². The molecular weight excluding hydrogens is 324 g/mol. The number of esters is 1. The van der Waals surface area contributed by atoms with Gasteiger partial charge >= 0.3 is 5.97 Å². The van der Waals surface area contributed by atoms with Gasteiger partial charge in [0.05, 0.1) is 18.1 Å². The van der Waals surface area contributed by atoms with Crippen LogP contribution in [0, 0.1) is 29.6 Å². The van der Waals surface area contributed by atoms with Gasteiger partial charge in [-0.25, -0.2) is 0 Å². The smallest absolute Gasteiger partial charge is 0.302 e. The first kappa shape index (κ1) is 21.8. The van der Waals surface area contributed by atoms with Crippen LogP contribution in [0.4, 0.5) is 0 Å². The van der Waals surface area contributed by atoms with Gasteiger partial charge in [-0.15, -0.1) is 0 Å². The molecule has 2 aliphatic carbocycles. The Hall–Kier alpha value is -1.24. The van der Waals surface area contributed by atoms with Crippen LogP contribution >= 0.6 is 0 Å². The first-order valence-electron chi connectivity index (χ1n) is 8.88. The van der Waals surface area contributed by atoms with Gasteiger partial charge in [0.15, 0.2) is 0 Å². The average Bonchev–Trinajstić information content (AvgIpc) is 2.95. The number of carbonyl (C=O) groups is 2. The van der Waals surface area contributed by atoms with Crippen molar-refractivity contribution in [2.24, 2.45) is 29.6 Å². The highest BCUT2D eigenvalue weighted by Gasteiger charge is 2.40. The van der Waals surface area contributed by atoms with E-state index in [1.54, 1.807) is 6.92 Å². The molecule has 2 saturated carbocycles. The number of hydrogen-bond acceptors (Lipinski definition) is 6. The summed E-state index contributed by atoms with van der Waals surface area (Å²) in [5, 5.41) is 28.0. The van der Waals surface area contributed by atoms with E-state index < -0.39 is 6.10 Å². The lowest BCUT2D eigenvalue weighted by molar-refractivity contribution is -0.143. The molecule has 2 rings (SSSR count). The molecule has 0 bridgehead atoms. The molecule has 0 aromatic rings. The molecule has 25 heavy (non-hydrogen) atoms. The van der Waals surface area contributed by atoms with Crippen LogP contribution in [0.25, 0.3) is 0 Å². The molecule has 2 fully saturated rings. The molecule has 6 nitrogen and oxygen atoms in total. The zero-order valence-electron chi connectivity index (χ0n) is 15.6. The van der Waals surface area contributed by atoms with Crippen LogP contribution in [-0.4, -0.2) is 52.5 Å². The van der Waals surface area contributed by atoms with Crippen LogP contribution in [0.2, 0.25) is 0 Å². The van der Waals surface area contributed by atoms with Crippen LogP contribution in [-0.2, 0) is 14.3 Å². The number of hydrogen-bond donors (Lipinski definition) is 3. The lowest BCUT2D eigenvalue weighted by atomic mass is 9.87. The molecule has 0 heterocycles. The van der Waals surface area contributed by atoms with E-state index in [9.17, 15) is 19.8 Å². The number of ketones is 1. The third-order valence-electron chi connectivity index (χ3n) is 5.67. The zero-order valence-corrected chi connectivity index (χ0v) is 15.6. The van der Waals surface area contributed by atoms with Crippen molar-refractivity contribution in [2.75, 3.05) is 13.2 Å². The Labute approximate surface area is 149 Å². The Morgan fingerprint density at radius 1 is 1.20 bits per heavy atom. The van der Waals surface area contributed by atoms with Gasteiger partial charge < -0.3 is 20.1 Å². The quantitative estimate of drug-likeness (QED) is 0.518. The number of carbonyl (C=O) groups excluding carboxylic acids is 2. The van der Waals surface area contributed by atoms with E-state index in [4.69, 9.17) is 9.84 Å². The van der Waals surface area contributed by atoms with Gasteiger partial charge in [0.1, 0.15) is 12.4 Å². The molecule has 0 unspecified atom stereocenters. The second-order valence-corrected chi connectivity index (χ2v) is 7.47. The number of rotatable bonds is 4. The first-order valence-corrected chi connectivity index (χ1v) is 8.88. The number of allylic oxidation sites excluding steroid dienone is 1. The highest BCUT2D eigenvalue weighted by atomic mass is 16.5. The molecule has 3 N–H and O–H groups in total. The number of aliphatic hydroxyl groups is 3. The highest BCUT2D eigenvalue weighted by Crippen LogP contribution is 2.40. The molecule has 0 spiro atoms. The van der Waals surface area contributed by atoms with Gasteiger partial charge in [-0.1, -0.05) is 26.0 Å². The van der Waals surface area contributed by atoms with Crippen LogP contribution in [0.3, 0.4) is 0 Å². The highest BCUT2D eigenvalue weighted by molar-refractivity contribution is 5.84. The molecule has 0 aliphatic heterocycles. The third kappa shape index (κ3) is 5.62. The van der Waals surface area contributed by atoms with E-state index in [1.165, 1.54) is 6.92 Å². The summed E-state index contributed by atoms with van der Waals surface area (Å²) < 4.78 is 4.74. The van der Waals surface area contributed by atoms with Crippen molar-refractivity contribution in [1.82, 2.24) is 0 Å². The molecule has 0 amide bonds. The van der Waals surface area contributed by atoms with Crippen LogP contribution in [0.1, 0.15) is 40.5 Å². The number of Topliss-reactive ketones (excluding diaryl/α,β-unsaturated/α-hetero) is 1. The number of aliphatic hydroxyl groups excluding tert-OH is 3. The SMILES string of the molecule is C=C(C)[C@@H]1C[C@@H](O)[C@@H](C)[C@@H]1CO.CC(=O)OC[C@@H]1C(=O)C[C@@H](O)[C@H]1C. The van der Waals surface area contributed by atoms with E-state index in [0.717, 1.165) is 12.0 Å². The fraction of sp³-hybridized carbons (Fsp3) is 0.789. The van der Waals surface area contributed by atoms with Gasteiger partial charge in [0, 0.05) is 20.0 Å². The van der Waals surface area contributed by atoms with Crippen molar-refractivity contribution in [1.29, 1.82) is 0 Å². The van der Waals surface area contributed by atoms with Crippen molar-refractivity contribution in [3.8, 4) is 0 Å². The summed E-state index contributed by atoms with van der Waals surface area (Å²) in [6.07, 6.45) is 0.117. The lowest BCUT2D eigenvalue weighted by Gasteiger charge is -2.20. The largest absolute Gasteiger partial charge is 0.465 e. The van der Waals surface area contributed by atoms with Crippen molar-refractivity contribution in [2.45, 2.75) is 52.7 Å². The maximum atomic E-state index is 11.3. The summed E-state index contributed by atoms with van der Waals surface area (Å²) >= 11 is 0. The monoisotopic (exact) mass is 356 g/mol. The summed E-state index contributed by atoms with van der Waals surface area (Å²) in [5.41, 5.74) is 1.08. The molecule has 0 radical (unpaired) electrons. The molecule has 0 aromatic carbocycles. The fourth-order valence-electron chi connectivity index (χ4n) is 3.72. The Kier molecular flexibility index (Phi) is 8.25. The average molecular weight is 356 g/mol. The van der Waals surface area contributed by atoms with E-state index in [0.29, 0.717) is 5.92 Å². The normalized spacial score (nSPS) is 37.4. The molecule has 7 atom stereocenters. The van der Waals surface area contributed by atoms with Gasteiger partial charge in [-0.05, 0) is 37.0 Å². The number of ether oxygens (including phenoxy) is 1. The minimum Gasteiger partial charge on any atom is -0.465 e. The summed E-state index contributed by atoms with van der Waals surface area (Å²) in [5.74, 6) is -0.109. The van der Waals surface area contributed by atoms with Gasteiger partial charge in [0.25, 0.3) is 0 Å². The standard InChI is InChI=1S/C10H18O2.C9H14O4/c1-6(2)8-4-10(12)7(3)9(8)5-11;1-5-7(4-13-6(2)10)9(12)3-8(5)11/h7-12H,1,4-5H2,2-3H3;5,7-8,11H,3-4H2,1-2H3/t7-,8-,9-,10+;5-,7-,8+/m00/s1. The predicted octanol–water partition coefficient (Wildman–Crippen LogP) is 1.32. The minimum absolute atomic E-state index is 0.0127. The molecule has 144 valence electrons. The molecule has 0 aromatic heterocycles. The summed E-state index contributed by atoms with van der Waals surface area (Å²) in [7, 11) is 0. The lowest BCUT2D eigenvalue weighted by Crippen LogP contribution is -2.23. The van der Waals surface area contributed by atoms with E-state index in [1.807, 2.05) is 13.8 Å².